The molecule has 0 aromatic carbocycles. The number of hydrogen-bond donors (Lipinski definition) is 2. The number of nitrogens with two attached hydrogens (primary N) is 1. The van der Waals surface area contributed by atoms with E-state index in [1.54, 1.807) is 0 Å². The van der Waals surface area contributed by atoms with Crippen LogP contribution in [-0.4, -0.2) is 49.9 Å². The summed E-state index contributed by atoms with van der Waals surface area (Å²) in [6.45, 7) is 8.18. The fourth-order valence-electron chi connectivity index (χ4n) is 2.01. The van der Waals surface area contributed by atoms with Crippen LogP contribution in [0.3, 0.4) is 0 Å². The summed E-state index contributed by atoms with van der Waals surface area (Å²) in [5, 5.41) is 3.56. The number of hydrogen-bond acceptors (Lipinski definition) is 4. The van der Waals surface area contributed by atoms with Crippen molar-refractivity contribution in [2.75, 3.05) is 27.2 Å². The molecule has 1 saturated carbocycles. The fraction of sp³-hybridized carbons (Fsp3) is 0.786. The summed E-state index contributed by atoms with van der Waals surface area (Å²) in [6, 6.07) is 1.13. The van der Waals surface area contributed by atoms with Crippen molar-refractivity contribution >= 4 is 5.71 Å². The summed E-state index contributed by atoms with van der Waals surface area (Å²) in [5.41, 5.74) is 8.86. The highest BCUT2D eigenvalue weighted by atomic mass is 15.1. The molecule has 4 heteroatoms. The SMILES string of the molecule is CC(=NC1CC(NCCN(C)C)C1)/C(C)=C(/C)N. The summed E-state index contributed by atoms with van der Waals surface area (Å²) < 4.78 is 0. The Balaban J connectivity index is 2.26. The zero-order valence-corrected chi connectivity index (χ0v) is 12.5. The molecule has 1 aliphatic carbocycles. The van der Waals surface area contributed by atoms with Crippen LogP contribution in [0.4, 0.5) is 0 Å². The Morgan fingerprint density at radius 2 is 1.89 bits per heavy atom. The molecule has 0 bridgehead atoms. The lowest BCUT2D eigenvalue weighted by atomic mass is 9.87. The van der Waals surface area contributed by atoms with Crippen LogP contribution in [-0.2, 0) is 0 Å². The van der Waals surface area contributed by atoms with Crippen LogP contribution >= 0.6 is 0 Å². The van der Waals surface area contributed by atoms with Crippen LogP contribution in [0.2, 0.25) is 0 Å². The van der Waals surface area contributed by atoms with Crippen molar-refractivity contribution in [1.82, 2.24) is 10.2 Å². The lowest BCUT2D eigenvalue weighted by molar-refractivity contribution is 0.280. The van der Waals surface area contributed by atoms with Crippen LogP contribution < -0.4 is 11.1 Å². The van der Waals surface area contributed by atoms with Crippen LogP contribution in [0.25, 0.3) is 0 Å². The van der Waals surface area contributed by atoms with Crippen molar-refractivity contribution in [2.45, 2.75) is 45.7 Å². The van der Waals surface area contributed by atoms with Gasteiger partial charge >= 0.3 is 0 Å². The van der Waals surface area contributed by atoms with E-state index in [0.29, 0.717) is 12.1 Å². The molecule has 1 aliphatic rings. The molecule has 0 atom stereocenters. The molecule has 3 N–H and O–H groups in total. The monoisotopic (exact) mass is 252 g/mol. The Labute approximate surface area is 111 Å². The molecule has 0 spiro atoms. The molecule has 0 aromatic rings. The van der Waals surface area contributed by atoms with E-state index in [0.717, 1.165) is 42.9 Å². The van der Waals surface area contributed by atoms with Gasteiger partial charge in [-0.25, -0.2) is 0 Å². The van der Waals surface area contributed by atoms with E-state index < -0.39 is 0 Å². The number of allylic oxidation sites excluding steroid dienone is 2. The molecule has 0 radical (unpaired) electrons. The lowest BCUT2D eigenvalue weighted by Crippen LogP contribution is -2.45. The zero-order chi connectivity index (χ0) is 13.7. The van der Waals surface area contributed by atoms with E-state index in [9.17, 15) is 0 Å². The van der Waals surface area contributed by atoms with E-state index >= 15 is 0 Å². The molecular weight excluding hydrogens is 224 g/mol. The van der Waals surface area contributed by atoms with Crippen molar-refractivity contribution in [3.63, 3.8) is 0 Å². The first kappa shape index (κ1) is 15.2. The Morgan fingerprint density at radius 1 is 1.28 bits per heavy atom. The number of rotatable bonds is 6. The molecule has 1 rings (SSSR count). The maximum absolute atomic E-state index is 5.78. The predicted octanol–water partition coefficient (Wildman–Crippen LogP) is 1.38. The second kappa shape index (κ2) is 6.90. The van der Waals surface area contributed by atoms with Crippen molar-refractivity contribution < 1.29 is 0 Å². The minimum atomic E-state index is 0.483. The Bertz CT molecular complexity index is 321. The van der Waals surface area contributed by atoms with Gasteiger partial charge < -0.3 is 16.0 Å². The molecule has 0 aliphatic heterocycles. The molecule has 18 heavy (non-hydrogen) atoms. The van der Waals surface area contributed by atoms with Gasteiger partial charge in [0.15, 0.2) is 0 Å². The number of likely N-dealkylation sites (N-methyl/N-ethyl adjacent to an activating group) is 1. The van der Waals surface area contributed by atoms with E-state index in [1.165, 1.54) is 0 Å². The minimum absolute atomic E-state index is 0.483. The summed E-state index contributed by atoms with van der Waals surface area (Å²) >= 11 is 0. The third-order valence-electron chi connectivity index (χ3n) is 3.62. The normalized spacial score (nSPS) is 26.0. The van der Waals surface area contributed by atoms with Crippen LogP contribution in [0.5, 0.6) is 0 Å². The molecule has 0 aromatic heterocycles. The van der Waals surface area contributed by atoms with Gasteiger partial charge in [-0.3, -0.25) is 4.99 Å². The maximum Gasteiger partial charge on any atom is 0.0532 e. The molecule has 0 amide bonds. The highest BCUT2D eigenvalue weighted by molar-refractivity contribution is 5.98. The van der Waals surface area contributed by atoms with E-state index in [-0.39, 0.29) is 0 Å². The molecular formula is C14H28N4. The second-order valence-electron chi connectivity index (χ2n) is 5.60. The summed E-state index contributed by atoms with van der Waals surface area (Å²) in [7, 11) is 4.20. The summed E-state index contributed by atoms with van der Waals surface area (Å²) in [5.74, 6) is 0. The smallest absolute Gasteiger partial charge is 0.0532 e. The number of aliphatic imine (C=N–C) groups is 1. The van der Waals surface area contributed by atoms with Gasteiger partial charge in [-0.15, -0.1) is 0 Å². The topological polar surface area (TPSA) is 53.7 Å². The first-order chi connectivity index (χ1) is 8.40. The largest absolute Gasteiger partial charge is 0.402 e. The van der Waals surface area contributed by atoms with Gasteiger partial charge in [0.05, 0.1) is 6.04 Å². The molecule has 0 saturated heterocycles. The standard InChI is InChI=1S/C14H28N4/c1-10(11(2)15)12(3)17-14-8-13(9-14)16-6-7-18(4)5/h13-14,16H,6-9,15H2,1-5H3/b11-10-,17-12?. The van der Waals surface area contributed by atoms with Gasteiger partial charge in [0.2, 0.25) is 0 Å². The van der Waals surface area contributed by atoms with E-state index in [1.807, 2.05) is 13.8 Å². The van der Waals surface area contributed by atoms with Gasteiger partial charge in [0.25, 0.3) is 0 Å². The van der Waals surface area contributed by atoms with Crippen LogP contribution in [0.15, 0.2) is 16.3 Å². The van der Waals surface area contributed by atoms with Gasteiger partial charge in [0.1, 0.15) is 0 Å². The summed E-state index contributed by atoms with van der Waals surface area (Å²) in [6.07, 6.45) is 2.31. The highest BCUT2D eigenvalue weighted by Crippen LogP contribution is 2.24. The Morgan fingerprint density at radius 3 is 2.39 bits per heavy atom. The first-order valence-corrected chi connectivity index (χ1v) is 6.76. The average Bonchev–Trinajstić information content (AvgIpc) is 2.23. The van der Waals surface area contributed by atoms with Crippen molar-refractivity contribution in [2.24, 2.45) is 10.7 Å². The Kier molecular flexibility index (Phi) is 5.82. The third-order valence-corrected chi connectivity index (χ3v) is 3.62. The van der Waals surface area contributed by atoms with Crippen LogP contribution in [0, 0.1) is 0 Å². The van der Waals surface area contributed by atoms with Gasteiger partial charge in [0, 0.05) is 30.5 Å². The highest BCUT2D eigenvalue weighted by Gasteiger charge is 2.28. The van der Waals surface area contributed by atoms with Gasteiger partial charge in [-0.05, 0) is 53.3 Å². The predicted molar refractivity (Wildman–Crippen MR) is 79.0 cm³/mol. The second-order valence-corrected chi connectivity index (χ2v) is 5.60. The van der Waals surface area contributed by atoms with Crippen LogP contribution in [0.1, 0.15) is 33.6 Å². The molecule has 104 valence electrons. The quantitative estimate of drug-likeness (QED) is 0.702. The first-order valence-electron chi connectivity index (χ1n) is 6.76. The maximum atomic E-state index is 5.78. The fourth-order valence-corrected chi connectivity index (χ4v) is 2.01. The molecule has 0 heterocycles. The van der Waals surface area contributed by atoms with Gasteiger partial charge in [-0.2, -0.15) is 0 Å². The third kappa shape index (κ3) is 4.78. The minimum Gasteiger partial charge on any atom is -0.402 e. The van der Waals surface area contributed by atoms with Gasteiger partial charge in [-0.1, -0.05) is 0 Å². The lowest BCUT2D eigenvalue weighted by Gasteiger charge is -2.34. The van der Waals surface area contributed by atoms with Crippen molar-refractivity contribution in [1.29, 1.82) is 0 Å². The van der Waals surface area contributed by atoms with Crippen molar-refractivity contribution in [3.8, 4) is 0 Å². The van der Waals surface area contributed by atoms with Crippen molar-refractivity contribution in [3.05, 3.63) is 11.3 Å². The molecule has 4 nitrogen and oxygen atoms in total. The number of nitrogens with zero attached hydrogens (tertiary/aromatic N) is 2. The summed E-state index contributed by atoms with van der Waals surface area (Å²) in [4.78, 5) is 6.92. The van der Waals surface area contributed by atoms with E-state index in [2.05, 4.69) is 31.2 Å². The molecule has 1 fully saturated rings. The van der Waals surface area contributed by atoms with E-state index in [4.69, 9.17) is 10.7 Å². The average molecular weight is 252 g/mol. The molecule has 0 unspecified atom stereocenters. The Hall–Kier alpha value is -0.870. The number of nitrogens with one attached hydrogen (secondary N) is 1. The zero-order valence-electron chi connectivity index (χ0n) is 12.5.